The first-order chi connectivity index (χ1) is 4.45. The van der Waals surface area contributed by atoms with Gasteiger partial charge in [-0.3, -0.25) is 4.57 Å². The molecular formula is C5H11O4P. The SMILES string of the molecule is CC(C=O)CCP(=O)(O)O. The molecule has 0 bridgehead atoms. The van der Waals surface area contributed by atoms with Gasteiger partial charge in [-0.15, -0.1) is 0 Å². The Bertz CT molecular complexity index is 150. The minimum Gasteiger partial charge on any atom is -0.324 e. The van der Waals surface area contributed by atoms with Crippen LogP contribution in [0.25, 0.3) is 0 Å². The minimum atomic E-state index is -3.89. The number of aldehydes is 1. The lowest BCUT2D eigenvalue weighted by Gasteiger charge is -2.03. The van der Waals surface area contributed by atoms with E-state index in [-0.39, 0.29) is 18.5 Å². The summed E-state index contributed by atoms with van der Waals surface area (Å²) in [6, 6.07) is 0. The van der Waals surface area contributed by atoms with Gasteiger partial charge in [0.05, 0.1) is 6.16 Å². The molecule has 0 rings (SSSR count). The van der Waals surface area contributed by atoms with E-state index in [1.807, 2.05) is 0 Å². The minimum absolute atomic E-state index is 0.201. The number of hydrogen-bond acceptors (Lipinski definition) is 2. The molecule has 5 heteroatoms. The van der Waals surface area contributed by atoms with E-state index in [0.717, 1.165) is 0 Å². The first-order valence-corrected chi connectivity index (χ1v) is 4.75. The van der Waals surface area contributed by atoms with Crippen LogP contribution in [0.3, 0.4) is 0 Å². The van der Waals surface area contributed by atoms with Gasteiger partial charge in [0.15, 0.2) is 0 Å². The lowest BCUT2D eigenvalue weighted by Crippen LogP contribution is -1.99. The Kier molecular flexibility index (Phi) is 3.79. The molecule has 0 radical (unpaired) electrons. The molecule has 0 aliphatic heterocycles. The van der Waals surface area contributed by atoms with Gasteiger partial charge < -0.3 is 14.6 Å². The first-order valence-electron chi connectivity index (χ1n) is 2.95. The van der Waals surface area contributed by atoms with E-state index in [0.29, 0.717) is 6.29 Å². The summed E-state index contributed by atoms with van der Waals surface area (Å²) in [7, 11) is -3.89. The third kappa shape index (κ3) is 5.95. The van der Waals surface area contributed by atoms with E-state index < -0.39 is 7.60 Å². The standard InChI is InChI=1S/C5H11O4P/c1-5(4-6)2-3-10(7,8)9/h4-5H,2-3H2,1H3,(H2,7,8,9). The lowest BCUT2D eigenvalue weighted by atomic mass is 10.1. The molecule has 0 spiro atoms. The van der Waals surface area contributed by atoms with E-state index in [9.17, 15) is 9.36 Å². The molecule has 60 valence electrons. The fourth-order valence-corrected chi connectivity index (χ4v) is 1.18. The van der Waals surface area contributed by atoms with Gasteiger partial charge in [-0.05, 0) is 6.42 Å². The molecule has 0 aromatic carbocycles. The van der Waals surface area contributed by atoms with Gasteiger partial charge in [-0.2, -0.15) is 0 Å². The summed E-state index contributed by atoms with van der Waals surface area (Å²) in [6.45, 7) is 1.63. The first kappa shape index (κ1) is 9.82. The van der Waals surface area contributed by atoms with E-state index in [1.54, 1.807) is 6.92 Å². The quantitative estimate of drug-likeness (QED) is 0.468. The van der Waals surface area contributed by atoms with Crippen LogP contribution in [-0.2, 0) is 9.36 Å². The van der Waals surface area contributed by atoms with Gasteiger partial charge in [0.2, 0.25) is 0 Å². The smallest absolute Gasteiger partial charge is 0.324 e. The summed E-state index contributed by atoms with van der Waals surface area (Å²) in [4.78, 5) is 26.7. The molecule has 2 N–H and O–H groups in total. The van der Waals surface area contributed by atoms with Crippen LogP contribution >= 0.6 is 7.60 Å². The van der Waals surface area contributed by atoms with E-state index in [1.165, 1.54) is 0 Å². The Morgan fingerprint density at radius 1 is 1.60 bits per heavy atom. The summed E-state index contributed by atoms with van der Waals surface area (Å²) in [6.07, 6.45) is 0.746. The molecule has 0 amide bonds. The molecule has 4 nitrogen and oxygen atoms in total. The van der Waals surface area contributed by atoms with E-state index in [2.05, 4.69) is 0 Å². The van der Waals surface area contributed by atoms with Crippen molar-refractivity contribution < 1.29 is 19.1 Å². The van der Waals surface area contributed by atoms with Crippen LogP contribution in [0.4, 0.5) is 0 Å². The third-order valence-corrected chi connectivity index (χ3v) is 1.95. The number of hydrogen-bond donors (Lipinski definition) is 2. The van der Waals surface area contributed by atoms with Gasteiger partial charge in [-0.1, -0.05) is 6.92 Å². The monoisotopic (exact) mass is 166 g/mol. The van der Waals surface area contributed by atoms with Crippen molar-refractivity contribution in [2.24, 2.45) is 5.92 Å². The maximum atomic E-state index is 10.2. The van der Waals surface area contributed by atoms with Crippen LogP contribution in [0.5, 0.6) is 0 Å². The topological polar surface area (TPSA) is 74.6 Å². The predicted octanol–water partition coefficient (Wildman–Crippen LogP) is 0.389. The van der Waals surface area contributed by atoms with Crippen LogP contribution in [0, 0.1) is 5.92 Å². The predicted molar refractivity (Wildman–Crippen MR) is 36.8 cm³/mol. The highest BCUT2D eigenvalue weighted by Gasteiger charge is 2.13. The second-order valence-electron chi connectivity index (χ2n) is 2.29. The Hall–Kier alpha value is -0.180. The van der Waals surface area contributed by atoms with Crippen molar-refractivity contribution in [2.75, 3.05) is 6.16 Å². The fourth-order valence-electron chi connectivity index (χ4n) is 0.440. The van der Waals surface area contributed by atoms with Gasteiger partial charge in [0.1, 0.15) is 6.29 Å². The van der Waals surface area contributed by atoms with Crippen molar-refractivity contribution in [3.8, 4) is 0 Å². The third-order valence-electron chi connectivity index (χ3n) is 1.11. The molecule has 1 atom stereocenters. The Morgan fingerprint density at radius 3 is 2.40 bits per heavy atom. The van der Waals surface area contributed by atoms with E-state index in [4.69, 9.17) is 9.79 Å². The van der Waals surface area contributed by atoms with Crippen LogP contribution < -0.4 is 0 Å². The summed E-state index contributed by atoms with van der Waals surface area (Å²) in [5, 5.41) is 0. The second kappa shape index (κ2) is 3.86. The molecule has 10 heavy (non-hydrogen) atoms. The zero-order chi connectivity index (χ0) is 8.20. The number of rotatable bonds is 4. The van der Waals surface area contributed by atoms with E-state index >= 15 is 0 Å². The molecule has 0 aromatic rings. The molecule has 0 aromatic heterocycles. The highest BCUT2D eigenvalue weighted by Crippen LogP contribution is 2.35. The molecular weight excluding hydrogens is 155 g/mol. The van der Waals surface area contributed by atoms with Gasteiger partial charge >= 0.3 is 7.60 Å². The summed E-state index contributed by atoms with van der Waals surface area (Å²) < 4.78 is 10.2. The molecule has 0 heterocycles. The average Bonchev–Trinajstić information content (AvgIpc) is 1.81. The fraction of sp³-hybridized carbons (Fsp3) is 0.800. The van der Waals surface area contributed by atoms with Crippen molar-refractivity contribution in [1.82, 2.24) is 0 Å². The highest BCUT2D eigenvalue weighted by atomic mass is 31.2. The van der Waals surface area contributed by atoms with Crippen LogP contribution in [-0.4, -0.2) is 22.2 Å². The largest absolute Gasteiger partial charge is 0.325 e. The van der Waals surface area contributed by atoms with Crippen molar-refractivity contribution in [3.05, 3.63) is 0 Å². The van der Waals surface area contributed by atoms with Crippen molar-refractivity contribution >= 4 is 13.9 Å². The molecule has 0 aliphatic carbocycles. The summed E-state index contributed by atoms with van der Waals surface area (Å²) in [5.74, 6) is -0.257. The number of carbonyl (C=O) groups is 1. The lowest BCUT2D eigenvalue weighted by molar-refractivity contribution is -0.110. The highest BCUT2D eigenvalue weighted by molar-refractivity contribution is 7.51. The van der Waals surface area contributed by atoms with Crippen LogP contribution in [0.15, 0.2) is 0 Å². The van der Waals surface area contributed by atoms with Crippen molar-refractivity contribution in [3.63, 3.8) is 0 Å². The zero-order valence-electron chi connectivity index (χ0n) is 5.73. The van der Waals surface area contributed by atoms with Crippen LogP contribution in [0.2, 0.25) is 0 Å². The summed E-state index contributed by atoms with van der Waals surface area (Å²) >= 11 is 0. The maximum Gasteiger partial charge on any atom is 0.325 e. The maximum absolute atomic E-state index is 10.2. The summed E-state index contributed by atoms with van der Waals surface area (Å²) in [5.41, 5.74) is 0. The van der Waals surface area contributed by atoms with Gasteiger partial charge in [-0.25, -0.2) is 0 Å². The molecule has 0 aliphatic rings. The van der Waals surface area contributed by atoms with Gasteiger partial charge in [0.25, 0.3) is 0 Å². The average molecular weight is 166 g/mol. The van der Waals surface area contributed by atoms with Crippen LogP contribution in [0.1, 0.15) is 13.3 Å². The Labute approximate surface area is 59.4 Å². The Morgan fingerprint density at radius 2 is 2.10 bits per heavy atom. The second-order valence-corrected chi connectivity index (χ2v) is 4.07. The van der Waals surface area contributed by atoms with Crippen molar-refractivity contribution in [1.29, 1.82) is 0 Å². The molecule has 1 unspecified atom stereocenters. The normalized spacial score (nSPS) is 14.7. The van der Waals surface area contributed by atoms with Crippen molar-refractivity contribution in [2.45, 2.75) is 13.3 Å². The molecule has 0 saturated heterocycles. The zero-order valence-corrected chi connectivity index (χ0v) is 6.62. The molecule has 0 saturated carbocycles. The molecule has 0 fully saturated rings. The van der Waals surface area contributed by atoms with Gasteiger partial charge in [0, 0.05) is 5.92 Å². The Balaban J connectivity index is 3.55. The number of carbonyl (C=O) groups excluding carboxylic acids is 1.